The zero-order valence-corrected chi connectivity index (χ0v) is 18.9. The Morgan fingerprint density at radius 3 is 2.62 bits per heavy atom. The number of thioether (sulfide) groups is 1. The van der Waals surface area contributed by atoms with Gasteiger partial charge in [-0.05, 0) is 31.0 Å². The van der Waals surface area contributed by atoms with Crippen LogP contribution in [0.2, 0.25) is 10.0 Å². The highest BCUT2D eigenvalue weighted by atomic mass is 35.5. The van der Waals surface area contributed by atoms with Crippen LogP contribution in [0, 0.1) is 12.8 Å². The lowest BCUT2D eigenvalue weighted by molar-refractivity contribution is -0.113. The summed E-state index contributed by atoms with van der Waals surface area (Å²) in [5.41, 5.74) is 1.60. The molecule has 1 N–H and O–H groups in total. The average molecular weight is 453 g/mol. The zero-order valence-electron chi connectivity index (χ0n) is 16.6. The Morgan fingerprint density at radius 2 is 2.00 bits per heavy atom. The second-order valence-corrected chi connectivity index (χ2v) is 8.85. The summed E-state index contributed by atoms with van der Waals surface area (Å²) in [4.78, 5) is 12.4. The Morgan fingerprint density at radius 1 is 1.24 bits per heavy atom. The van der Waals surface area contributed by atoms with Gasteiger partial charge in [-0.25, -0.2) is 0 Å². The van der Waals surface area contributed by atoms with Crippen LogP contribution in [0.1, 0.15) is 19.5 Å². The van der Waals surface area contributed by atoms with Crippen molar-refractivity contribution >= 4 is 46.7 Å². The predicted octanol–water partition coefficient (Wildman–Crippen LogP) is 4.68. The van der Waals surface area contributed by atoms with Crippen molar-refractivity contribution < 1.29 is 4.79 Å². The van der Waals surface area contributed by atoms with Crippen LogP contribution >= 0.6 is 35.0 Å². The van der Waals surface area contributed by atoms with Gasteiger partial charge in [0.05, 0.1) is 16.5 Å². The van der Waals surface area contributed by atoms with Crippen molar-refractivity contribution in [1.29, 1.82) is 0 Å². The fourth-order valence-electron chi connectivity index (χ4n) is 2.83. The standard InChI is InChI=1S/C19H22Cl2N6OS/c1-11(2)9-27-18(14-6-5-13(20)8-15(14)21)23-24-19(27)29-10-17(28)22-16-7-12(3)25-26(16)4/h5-8,11H,9-10H2,1-4H3,(H,22,28). The molecule has 0 aliphatic heterocycles. The minimum absolute atomic E-state index is 0.136. The number of carbonyl (C=O) groups excluding carboxylic acids is 1. The molecule has 3 aromatic rings. The molecule has 1 amide bonds. The molecule has 1 aromatic carbocycles. The number of aryl methyl sites for hydroxylation is 2. The van der Waals surface area contributed by atoms with E-state index in [1.807, 2.05) is 23.6 Å². The molecule has 154 valence electrons. The molecule has 29 heavy (non-hydrogen) atoms. The highest BCUT2D eigenvalue weighted by Gasteiger charge is 2.19. The Bertz CT molecular complexity index is 1030. The van der Waals surface area contributed by atoms with Crippen molar-refractivity contribution in [3.8, 4) is 11.4 Å². The molecule has 0 saturated carbocycles. The smallest absolute Gasteiger partial charge is 0.235 e. The summed E-state index contributed by atoms with van der Waals surface area (Å²) in [7, 11) is 1.79. The van der Waals surface area contributed by atoms with E-state index in [9.17, 15) is 4.79 Å². The first-order valence-electron chi connectivity index (χ1n) is 9.06. The topological polar surface area (TPSA) is 77.6 Å². The number of hydrogen-bond acceptors (Lipinski definition) is 5. The van der Waals surface area contributed by atoms with Crippen LogP contribution in [-0.4, -0.2) is 36.2 Å². The van der Waals surface area contributed by atoms with Crippen molar-refractivity contribution in [2.75, 3.05) is 11.1 Å². The molecule has 0 aliphatic rings. The van der Waals surface area contributed by atoms with E-state index in [0.29, 0.717) is 39.3 Å². The summed E-state index contributed by atoms with van der Waals surface area (Å²) >= 11 is 13.7. The Labute approximate surface area is 183 Å². The minimum Gasteiger partial charge on any atom is -0.310 e. The van der Waals surface area contributed by atoms with Crippen molar-refractivity contribution in [2.24, 2.45) is 13.0 Å². The monoisotopic (exact) mass is 452 g/mol. The Kier molecular flexibility index (Phi) is 6.87. The van der Waals surface area contributed by atoms with Gasteiger partial charge < -0.3 is 9.88 Å². The Balaban J connectivity index is 1.79. The quantitative estimate of drug-likeness (QED) is 0.526. The molecule has 0 radical (unpaired) electrons. The number of benzene rings is 1. The van der Waals surface area contributed by atoms with Crippen LogP contribution in [0.4, 0.5) is 5.82 Å². The van der Waals surface area contributed by atoms with Gasteiger partial charge in [0.1, 0.15) is 5.82 Å². The molecule has 2 aromatic heterocycles. The molecule has 0 spiro atoms. The number of rotatable bonds is 7. The SMILES string of the molecule is Cc1cc(NC(=O)CSc2nnc(-c3ccc(Cl)cc3Cl)n2CC(C)C)n(C)n1. The lowest BCUT2D eigenvalue weighted by atomic mass is 10.2. The number of amides is 1. The maximum absolute atomic E-state index is 12.4. The molecule has 7 nitrogen and oxygen atoms in total. The molecule has 0 fully saturated rings. The van der Waals surface area contributed by atoms with Gasteiger partial charge in [-0.1, -0.05) is 48.8 Å². The highest BCUT2D eigenvalue weighted by Crippen LogP contribution is 2.32. The van der Waals surface area contributed by atoms with E-state index in [1.165, 1.54) is 11.8 Å². The lowest BCUT2D eigenvalue weighted by Crippen LogP contribution is -2.17. The fourth-order valence-corrected chi connectivity index (χ4v) is 4.07. The molecular formula is C19H22Cl2N6OS. The largest absolute Gasteiger partial charge is 0.310 e. The first-order chi connectivity index (χ1) is 13.7. The molecule has 0 unspecified atom stereocenters. The number of nitrogens with one attached hydrogen (secondary N) is 1. The van der Waals surface area contributed by atoms with E-state index in [1.54, 1.807) is 23.9 Å². The lowest BCUT2D eigenvalue weighted by Gasteiger charge is -2.13. The van der Waals surface area contributed by atoms with Gasteiger partial charge in [-0.15, -0.1) is 10.2 Å². The molecule has 10 heteroatoms. The summed E-state index contributed by atoms with van der Waals surface area (Å²) in [6.07, 6.45) is 0. The molecule has 0 saturated heterocycles. The van der Waals surface area contributed by atoms with E-state index < -0.39 is 0 Å². The number of anilines is 1. The van der Waals surface area contributed by atoms with Crippen LogP contribution in [0.3, 0.4) is 0 Å². The van der Waals surface area contributed by atoms with Gasteiger partial charge in [0.2, 0.25) is 5.91 Å². The van der Waals surface area contributed by atoms with E-state index in [2.05, 4.69) is 34.5 Å². The maximum atomic E-state index is 12.4. The third-order valence-corrected chi connectivity index (χ3v) is 5.55. The fraction of sp³-hybridized carbons (Fsp3) is 0.368. The van der Waals surface area contributed by atoms with Crippen molar-refractivity contribution in [3.05, 3.63) is 40.0 Å². The number of hydrogen-bond donors (Lipinski definition) is 1. The van der Waals surface area contributed by atoms with Crippen LogP contribution in [0.25, 0.3) is 11.4 Å². The first-order valence-corrected chi connectivity index (χ1v) is 10.8. The van der Waals surface area contributed by atoms with E-state index >= 15 is 0 Å². The summed E-state index contributed by atoms with van der Waals surface area (Å²) in [5, 5.41) is 17.4. The van der Waals surface area contributed by atoms with Gasteiger partial charge in [-0.2, -0.15) is 5.10 Å². The average Bonchev–Trinajstić information content (AvgIpc) is 3.15. The Hall–Kier alpha value is -2.03. The third kappa shape index (κ3) is 5.32. The van der Waals surface area contributed by atoms with E-state index in [-0.39, 0.29) is 11.7 Å². The first kappa shape index (κ1) is 21.7. The second kappa shape index (κ2) is 9.19. The van der Waals surface area contributed by atoms with Crippen LogP contribution in [0.5, 0.6) is 0 Å². The van der Waals surface area contributed by atoms with Gasteiger partial charge in [0.25, 0.3) is 0 Å². The van der Waals surface area contributed by atoms with E-state index in [4.69, 9.17) is 23.2 Å². The number of aromatic nitrogens is 5. The van der Waals surface area contributed by atoms with Crippen LogP contribution < -0.4 is 5.32 Å². The number of carbonyl (C=O) groups is 1. The normalized spacial score (nSPS) is 11.3. The molecule has 2 heterocycles. The summed E-state index contributed by atoms with van der Waals surface area (Å²) in [6, 6.07) is 7.11. The van der Waals surface area contributed by atoms with Crippen molar-refractivity contribution in [3.63, 3.8) is 0 Å². The van der Waals surface area contributed by atoms with E-state index in [0.717, 1.165) is 11.3 Å². The zero-order chi connectivity index (χ0) is 21.1. The van der Waals surface area contributed by atoms with Crippen LogP contribution in [0.15, 0.2) is 29.4 Å². The molecular weight excluding hydrogens is 431 g/mol. The van der Waals surface area contributed by atoms with Crippen molar-refractivity contribution in [2.45, 2.75) is 32.5 Å². The summed E-state index contributed by atoms with van der Waals surface area (Å²) < 4.78 is 3.63. The molecule has 0 bridgehead atoms. The third-order valence-electron chi connectivity index (χ3n) is 4.04. The maximum Gasteiger partial charge on any atom is 0.235 e. The molecule has 0 aliphatic carbocycles. The summed E-state index contributed by atoms with van der Waals surface area (Å²) in [6.45, 7) is 6.80. The minimum atomic E-state index is -0.136. The molecule has 3 rings (SSSR count). The van der Waals surface area contributed by atoms with Gasteiger partial charge in [-0.3, -0.25) is 9.48 Å². The number of nitrogens with zero attached hydrogens (tertiary/aromatic N) is 5. The second-order valence-electron chi connectivity index (χ2n) is 7.07. The summed E-state index contributed by atoms with van der Waals surface area (Å²) in [5.74, 6) is 1.75. The van der Waals surface area contributed by atoms with Crippen LogP contribution in [-0.2, 0) is 18.4 Å². The van der Waals surface area contributed by atoms with Gasteiger partial charge >= 0.3 is 0 Å². The van der Waals surface area contributed by atoms with Gasteiger partial charge in [0.15, 0.2) is 11.0 Å². The van der Waals surface area contributed by atoms with Gasteiger partial charge in [0, 0.05) is 30.2 Å². The predicted molar refractivity (Wildman–Crippen MR) is 118 cm³/mol. The highest BCUT2D eigenvalue weighted by molar-refractivity contribution is 7.99. The van der Waals surface area contributed by atoms with Crippen molar-refractivity contribution in [1.82, 2.24) is 24.5 Å². The number of halogens is 2. The molecule has 0 atom stereocenters.